The summed E-state index contributed by atoms with van der Waals surface area (Å²) in [5.41, 5.74) is 2.66. The maximum Gasteiger partial charge on any atom is 0.317 e. The third-order valence-electron chi connectivity index (χ3n) is 4.79. The van der Waals surface area contributed by atoms with E-state index in [4.69, 9.17) is 0 Å². The molecule has 25 heavy (non-hydrogen) atoms. The van der Waals surface area contributed by atoms with Crippen molar-refractivity contribution in [1.29, 1.82) is 0 Å². The van der Waals surface area contributed by atoms with Crippen LogP contribution in [-0.2, 0) is 6.54 Å². The number of hydrogen-bond donors (Lipinski definition) is 2. The number of pyridine rings is 2. The number of nitrogens with zero attached hydrogens (tertiary/aromatic N) is 3. The number of nitrogens with one attached hydrogen (secondary N) is 1. The van der Waals surface area contributed by atoms with E-state index in [1.54, 1.807) is 17.3 Å². The lowest BCUT2D eigenvalue weighted by Gasteiger charge is -2.34. The van der Waals surface area contributed by atoms with Gasteiger partial charge >= 0.3 is 6.03 Å². The zero-order valence-corrected chi connectivity index (χ0v) is 14.4. The maximum absolute atomic E-state index is 12.3. The first kappa shape index (κ1) is 17.4. The molecule has 2 N–H and O–H groups in total. The lowest BCUT2D eigenvalue weighted by Crippen LogP contribution is -2.45. The molecular formula is C19H24N4O2. The Labute approximate surface area is 147 Å². The van der Waals surface area contributed by atoms with E-state index in [1.165, 1.54) is 0 Å². The van der Waals surface area contributed by atoms with Crippen LogP contribution in [0.25, 0.3) is 0 Å². The second kappa shape index (κ2) is 8.07. The van der Waals surface area contributed by atoms with Gasteiger partial charge in [0.15, 0.2) is 0 Å². The number of aryl methyl sites for hydroxylation is 1. The topological polar surface area (TPSA) is 78.4 Å². The Morgan fingerprint density at radius 2 is 2.00 bits per heavy atom. The summed E-state index contributed by atoms with van der Waals surface area (Å²) in [4.78, 5) is 22.7. The van der Waals surface area contributed by atoms with Crippen molar-refractivity contribution in [2.75, 3.05) is 13.1 Å². The molecule has 3 rings (SSSR count). The van der Waals surface area contributed by atoms with E-state index < -0.39 is 6.10 Å². The highest BCUT2D eigenvalue weighted by molar-refractivity contribution is 5.74. The first-order chi connectivity index (χ1) is 12.1. The SMILES string of the molecule is Cc1cccnc1CNC(=O)N1CCC([C@@H](O)c2ccccn2)CC1. The second-order valence-electron chi connectivity index (χ2n) is 6.45. The molecule has 1 atom stereocenters. The monoisotopic (exact) mass is 340 g/mol. The molecule has 0 spiro atoms. The van der Waals surface area contributed by atoms with Gasteiger partial charge in [0, 0.05) is 25.5 Å². The lowest BCUT2D eigenvalue weighted by atomic mass is 9.89. The Hall–Kier alpha value is -2.47. The Balaban J connectivity index is 1.48. The molecule has 0 aliphatic carbocycles. The van der Waals surface area contributed by atoms with Crippen LogP contribution in [0.2, 0.25) is 0 Å². The van der Waals surface area contributed by atoms with Crippen molar-refractivity contribution in [2.45, 2.75) is 32.4 Å². The standard InChI is InChI=1S/C19H24N4O2/c1-14-5-4-10-21-17(14)13-22-19(25)23-11-7-15(8-12-23)18(24)16-6-2-3-9-20-16/h2-6,9-10,15,18,24H,7-8,11-13H2,1H3,(H,22,25)/t18-/m1/s1. The number of carbonyl (C=O) groups excluding carboxylic acids is 1. The van der Waals surface area contributed by atoms with Gasteiger partial charge in [0.25, 0.3) is 0 Å². The number of urea groups is 1. The number of hydrogen-bond acceptors (Lipinski definition) is 4. The Morgan fingerprint density at radius 3 is 2.68 bits per heavy atom. The molecule has 3 heterocycles. The van der Waals surface area contributed by atoms with Gasteiger partial charge in [-0.1, -0.05) is 12.1 Å². The van der Waals surface area contributed by atoms with Crippen molar-refractivity contribution in [3.05, 3.63) is 59.7 Å². The highest BCUT2D eigenvalue weighted by Gasteiger charge is 2.28. The molecule has 0 unspecified atom stereocenters. The first-order valence-corrected chi connectivity index (χ1v) is 8.67. The summed E-state index contributed by atoms with van der Waals surface area (Å²) in [5, 5.41) is 13.4. The number of aliphatic hydroxyl groups excluding tert-OH is 1. The molecule has 6 nitrogen and oxygen atoms in total. The van der Waals surface area contributed by atoms with Gasteiger partial charge in [-0.15, -0.1) is 0 Å². The minimum atomic E-state index is -0.567. The minimum Gasteiger partial charge on any atom is -0.387 e. The van der Waals surface area contributed by atoms with Crippen molar-refractivity contribution < 1.29 is 9.90 Å². The molecule has 0 saturated carbocycles. The van der Waals surface area contributed by atoms with Gasteiger partial charge in [0.2, 0.25) is 0 Å². The fraction of sp³-hybridized carbons (Fsp3) is 0.421. The highest BCUT2D eigenvalue weighted by atomic mass is 16.3. The molecule has 2 aromatic heterocycles. The number of piperidine rings is 1. The van der Waals surface area contributed by atoms with Crippen molar-refractivity contribution in [3.63, 3.8) is 0 Å². The molecule has 2 aromatic rings. The van der Waals surface area contributed by atoms with E-state index in [9.17, 15) is 9.90 Å². The van der Waals surface area contributed by atoms with Crippen LogP contribution in [0.3, 0.4) is 0 Å². The summed E-state index contributed by atoms with van der Waals surface area (Å²) in [6.07, 6.45) is 4.41. The summed E-state index contributed by atoms with van der Waals surface area (Å²) in [7, 11) is 0. The maximum atomic E-state index is 12.3. The van der Waals surface area contributed by atoms with Crippen molar-refractivity contribution in [2.24, 2.45) is 5.92 Å². The van der Waals surface area contributed by atoms with Gasteiger partial charge < -0.3 is 15.3 Å². The van der Waals surface area contributed by atoms with Crippen LogP contribution in [0.5, 0.6) is 0 Å². The van der Waals surface area contributed by atoms with E-state index >= 15 is 0 Å². The van der Waals surface area contributed by atoms with E-state index in [0.717, 1.165) is 24.1 Å². The van der Waals surface area contributed by atoms with Gasteiger partial charge in [-0.25, -0.2) is 4.79 Å². The first-order valence-electron chi connectivity index (χ1n) is 8.67. The molecule has 6 heteroatoms. The molecule has 0 aromatic carbocycles. The number of amides is 2. The van der Waals surface area contributed by atoms with Gasteiger partial charge in [0.05, 0.1) is 24.0 Å². The summed E-state index contributed by atoms with van der Waals surface area (Å²) < 4.78 is 0. The minimum absolute atomic E-state index is 0.0733. The molecule has 2 amide bonds. The van der Waals surface area contributed by atoms with Crippen molar-refractivity contribution in [3.8, 4) is 0 Å². The van der Waals surface area contributed by atoms with Crippen LogP contribution in [0, 0.1) is 12.8 Å². The smallest absolute Gasteiger partial charge is 0.317 e. The summed E-state index contributed by atoms with van der Waals surface area (Å²) in [6, 6.07) is 9.37. The summed E-state index contributed by atoms with van der Waals surface area (Å²) in [6.45, 7) is 3.70. The fourth-order valence-corrected chi connectivity index (χ4v) is 3.19. The van der Waals surface area contributed by atoms with Crippen molar-refractivity contribution in [1.82, 2.24) is 20.2 Å². The molecule has 1 aliphatic rings. The van der Waals surface area contributed by atoms with Crippen LogP contribution in [0.1, 0.15) is 35.9 Å². The average molecular weight is 340 g/mol. The molecule has 132 valence electrons. The van der Waals surface area contributed by atoms with Gasteiger partial charge in [-0.05, 0) is 49.4 Å². The van der Waals surface area contributed by atoms with Gasteiger partial charge in [-0.3, -0.25) is 9.97 Å². The quantitative estimate of drug-likeness (QED) is 0.896. The van der Waals surface area contributed by atoms with Gasteiger partial charge in [-0.2, -0.15) is 0 Å². The van der Waals surface area contributed by atoms with Crippen LogP contribution >= 0.6 is 0 Å². The number of aromatic nitrogens is 2. The normalized spacial score (nSPS) is 16.5. The Morgan fingerprint density at radius 1 is 1.24 bits per heavy atom. The predicted molar refractivity (Wildman–Crippen MR) is 94.7 cm³/mol. The number of rotatable bonds is 4. The largest absolute Gasteiger partial charge is 0.387 e. The second-order valence-corrected chi connectivity index (χ2v) is 6.45. The van der Waals surface area contributed by atoms with Crippen LogP contribution < -0.4 is 5.32 Å². The molecule has 1 aliphatic heterocycles. The van der Waals surface area contributed by atoms with Crippen molar-refractivity contribution >= 4 is 6.03 Å². The Kier molecular flexibility index (Phi) is 5.60. The molecule has 1 fully saturated rings. The van der Waals surface area contributed by atoms with E-state index in [2.05, 4.69) is 15.3 Å². The van der Waals surface area contributed by atoms with Crippen LogP contribution in [-0.4, -0.2) is 39.1 Å². The predicted octanol–water partition coefficient (Wildman–Crippen LogP) is 2.44. The number of aliphatic hydroxyl groups is 1. The zero-order valence-electron chi connectivity index (χ0n) is 14.4. The third kappa shape index (κ3) is 4.33. The highest BCUT2D eigenvalue weighted by Crippen LogP contribution is 2.29. The molecule has 0 bridgehead atoms. The molecule has 1 saturated heterocycles. The van der Waals surface area contributed by atoms with Crippen LogP contribution in [0.4, 0.5) is 4.79 Å². The lowest BCUT2D eigenvalue weighted by molar-refractivity contribution is 0.0635. The van der Waals surface area contributed by atoms with Gasteiger partial charge in [0.1, 0.15) is 0 Å². The molecular weight excluding hydrogens is 316 g/mol. The number of carbonyl (C=O) groups is 1. The van der Waals surface area contributed by atoms with Crippen LogP contribution in [0.15, 0.2) is 42.7 Å². The average Bonchev–Trinajstić information content (AvgIpc) is 2.67. The Bertz CT molecular complexity index is 700. The number of likely N-dealkylation sites (tertiary alicyclic amines) is 1. The summed E-state index contributed by atoms with van der Waals surface area (Å²) >= 11 is 0. The zero-order chi connectivity index (χ0) is 17.6. The van der Waals surface area contributed by atoms with E-state index in [0.29, 0.717) is 25.3 Å². The summed E-state index contributed by atoms with van der Waals surface area (Å²) in [5.74, 6) is 0.136. The molecule has 0 radical (unpaired) electrons. The van der Waals surface area contributed by atoms with E-state index in [-0.39, 0.29) is 11.9 Å². The fourth-order valence-electron chi connectivity index (χ4n) is 3.19. The van der Waals surface area contributed by atoms with E-state index in [1.807, 2.05) is 37.3 Å². The third-order valence-corrected chi connectivity index (χ3v) is 4.79.